The molecule has 3 heterocycles. The monoisotopic (exact) mass is 331 g/mol. The van der Waals surface area contributed by atoms with Gasteiger partial charge in [-0.2, -0.15) is 0 Å². The SMILES string of the molecule is c1ncc2c3c(ccc2n1)OC(OCCCN1CCOCC1)CO3. The van der Waals surface area contributed by atoms with Gasteiger partial charge in [0.1, 0.15) is 6.33 Å². The highest BCUT2D eigenvalue weighted by molar-refractivity contribution is 5.87. The van der Waals surface area contributed by atoms with E-state index in [-0.39, 0.29) is 6.29 Å². The van der Waals surface area contributed by atoms with E-state index in [4.69, 9.17) is 18.9 Å². The summed E-state index contributed by atoms with van der Waals surface area (Å²) in [5, 5.41) is 0.862. The summed E-state index contributed by atoms with van der Waals surface area (Å²) in [7, 11) is 0. The lowest BCUT2D eigenvalue weighted by atomic mass is 10.2. The third-order valence-corrected chi connectivity index (χ3v) is 4.25. The van der Waals surface area contributed by atoms with Crippen molar-refractivity contribution in [2.75, 3.05) is 46.1 Å². The highest BCUT2D eigenvalue weighted by Gasteiger charge is 2.23. The largest absolute Gasteiger partial charge is 0.482 e. The van der Waals surface area contributed by atoms with Gasteiger partial charge in [0.05, 0.1) is 30.7 Å². The van der Waals surface area contributed by atoms with Crippen LogP contribution in [0.1, 0.15) is 6.42 Å². The second-order valence-electron chi connectivity index (χ2n) is 5.89. The van der Waals surface area contributed by atoms with Gasteiger partial charge in [-0.1, -0.05) is 0 Å². The summed E-state index contributed by atoms with van der Waals surface area (Å²) in [6, 6.07) is 3.77. The Bertz CT molecular complexity index is 691. The molecule has 1 fully saturated rings. The third kappa shape index (κ3) is 3.43. The van der Waals surface area contributed by atoms with E-state index in [2.05, 4.69) is 14.9 Å². The lowest BCUT2D eigenvalue weighted by molar-refractivity contribution is -0.117. The summed E-state index contributed by atoms with van der Waals surface area (Å²) < 4.78 is 22.9. The number of rotatable bonds is 5. The van der Waals surface area contributed by atoms with Crippen molar-refractivity contribution in [1.82, 2.24) is 14.9 Å². The first-order valence-electron chi connectivity index (χ1n) is 8.34. The second-order valence-corrected chi connectivity index (χ2v) is 5.89. The maximum Gasteiger partial charge on any atom is 0.234 e. The summed E-state index contributed by atoms with van der Waals surface area (Å²) in [5.41, 5.74) is 0.845. The molecule has 1 aromatic carbocycles. The Hall–Kier alpha value is -1.96. The summed E-state index contributed by atoms with van der Waals surface area (Å²) in [5.74, 6) is 1.38. The molecule has 1 aromatic heterocycles. The number of nitrogens with zero attached hydrogens (tertiary/aromatic N) is 3. The van der Waals surface area contributed by atoms with E-state index in [0.29, 0.717) is 24.7 Å². The molecule has 4 rings (SSSR count). The summed E-state index contributed by atoms with van der Waals surface area (Å²) >= 11 is 0. The molecular formula is C17H21N3O4. The molecule has 1 saturated heterocycles. The predicted molar refractivity (Wildman–Crippen MR) is 87.3 cm³/mol. The average molecular weight is 331 g/mol. The second kappa shape index (κ2) is 7.29. The van der Waals surface area contributed by atoms with E-state index >= 15 is 0 Å². The lowest BCUT2D eigenvalue weighted by Gasteiger charge is -2.28. The van der Waals surface area contributed by atoms with Crippen molar-refractivity contribution in [2.45, 2.75) is 12.7 Å². The van der Waals surface area contributed by atoms with Crippen LogP contribution in [-0.2, 0) is 9.47 Å². The maximum absolute atomic E-state index is 5.90. The minimum atomic E-state index is -0.371. The third-order valence-electron chi connectivity index (χ3n) is 4.25. The van der Waals surface area contributed by atoms with E-state index < -0.39 is 0 Å². The molecule has 0 radical (unpaired) electrons. The molecule has 128 valence electrons. The van der Waals surface area contributed by atoms with Crippen molar-refractivity contribution in [3.63, 3.8) is 0 Å². The van der Waals surface area contributed by atoms with Gasteiger partial charge >= 0.3 is 0 Å². The zero-order chi connectivity index (χ0) is 16.2. The summed E-state index contributed by atoms with van der Waals surface area (Å²) in [6.07, 6.45) is 3.87. The van der Waals surface area contributed by atoms with E-state index in [0.717, 1.165) is 50.2 Å². The van der Waals surface area contributed by atoms with Crippen LogP contribution in [0.25, 0.3) is 10.9 Å². The number of fused-ring (bicyclic) bond motifs is 3. The Morgan fingerprint density at radius 3 is 3.08 bits per heavy atom. The fraction of sp³-hybridized carbons (Fsp3) is 0.529. The quantitative estimate of drug-likeness (QED) is 0.769. The van der Waals surface area contributed by atoms with Crippen LogP contribution in [0.2, 0.25) is 0 Å². The van der Waals surface area contributed by atoms with Gasteiger partial charge in [0, 0.05) is 25.8 Å². The molecule has 0 spiro atoms. The molecule has 0 bridgehead atoms. The fourth-order valence-electron chi connectivity index (χ4n) is 2.99. The lowest BCUT2D eigenvalue weighted by Crippen LogP contribution is -2.37. The first-order chi connectivity index (χ1) is 11.9. The molecule has 0 N–H and O–H groups in total. The highest BCUT2D eigenvalue weighted by Crippen LogP contribution is 2.37. The van der Waals surface area contributed by atoms with Crippen LogP contribution in [0.15, 0.2) is 24.7 Å². The zero-order valence-electron chi connectivity index (χ0n) is 13.5. The number of aromatic nitrogens is 2. The molecule has 24 heavy (non-hydrogen) atoms. The molecule has 1 unspecified atom stereocenters. The van der Waals surface area contributed by atoms with Crippen molar-refractivity contribution in [2.24, 2.45) is 0 Å². The van der Waals surface area contributed by atoms with Crippen molar-refractivity contribution in [3.8, 4) is 11.5 Å². The smallest absolute Gasteiger partial charge is 0.234 e. The van der Waals surface area contributed by atoms with Crippen LogP contribution in [-0.4, -0.2) is 67.2 Å². The van der Waals surface area contributed by atoms with Gasteiger partial charge in [-0.15, -0.1) is 0 Å². The Labute approximate surface area is 140 Å². The van der Waals surface area contributed by atoms with Crippen molar-refractivity contribution in [1.29, 1.82) is 0 Å². The number of hydrogen-bond donors (Lipinski definition) is 0. The molecule has 2 aromatic rings. The first kappa shape index (κ1) is 15.6. The van der Waals surface area contributed by atoms with Gasteiger partial charge in [0.2, 0.25) is 6.29 Å². The molecular weight excluding hydrogens is 310 g/mol. The number of hydrogen-bond acceptors (Lipinski definition) is 7. The van der Waals surface area contributed by atoms with Crippen LogP contribution < -0.4 is 9.47 Å². The molecule has 7 heteroatoms. The summed E-state index contributed by atoms with van der Waals surface area (Å²) in [4.78, 5) is 10.7. The van der Waals surface area contributed by atoms with Crippen LogP contribution in [0, 0.1) is 0 Å². The van der Waals surface area contributed by atoms with Gasteiger partial charge < -0.3 is 18.9 Å². The standard InChI is InChI=1S/C17H21N3O4/c1(4-20-5-8-21-9-6-20)7-22-16-11-23-17-13-10-18-12-19-14(13)2-3-15(17)24-16/h2-3,10,12,16H,1,4-9,11H2. The molecule has 0 amide bonds. The minimum Gasteiger partial charge on any atom is -0.482 e. The van der Waals surface area contributed by atoms with Crippen molar-refractivity contribution < 1.29 is 18.9 Å². The van der Waals surface area contributed by atoms with Gasteiger partial charge in [0.25, 0.3) is 0 Å². The van der Waals surface area contributed by atoms with Crippen LogP contribution >= 0.6 is 0 Å². The average Bonchev–Trinajstić information content (AvgIpc) is 2.66. The van der Waals surface area contributed by atoms with Crippen LogP contribution in [0.3, 0.4) is 0 Å². The van der Waals surface area contributed by atoms with Gasteiger partial charge in [-0.25, -0.2) is 9.97 Å². The van der Waals surface area contributed by atoms with Crippen LogP contribution in [0.4, 0.5) is 0 Å². The Kier molecular flexibility index (Phi) is 4.73. The number of ether oxygens (including phenoxy) is 4. The van der Waals surface area contributed by atoms with E-state index in [1.165, 1.54) is 6.33 Å². The topological polar surface area (TPSA) is 65.9 Å². The molecule has 2 aliphatic rings. The first-order valence-corrected chi connectivity index (χ1v) is 8.34. The van der Waals surface area contributed by atoms with Crippen molar-refractivity contribution in [3.05, 3.63) is 24.7 Å². The van der Waals surface area contributed by atoms with Gasteiger partial charge in [-0.3, -0.25) is 4.90 Å². The normalized spacial score (nSPS) is 21.1. The minimum absolute atomic E-state index is 0.371. The number of morpholine rings is 1. The zero-order valence-corrected chi connectivity index (χ0v) is 13.5. The predicted octanol–water partition coefficient (Wildman–Crippen LogP) is 1.47. The van der Waals surface area contributed by atoms with E-state index in [9.17, 15) is 0 Å². The summed E-state index contributed by atoms with van der Waals surface area (Å²) in [6.45, 7) is 5.71. The molecule has 0 aliphatic carbocycles. The fourth-order valence-corrected chi connectivity index (χ4v) is 2.99. The molecule has 1 atom stereocenters. The van der Waals surface area contributed by atoms with E-state index in [1.54, 1.807) is 6.20 Å². The van der Waals surface area contributed by atoms with Crippen molar-refractivity contribution >= 4 is 10.9 Å². The van der Waals surface area contributed by atoms with E-state index in [1.807, 2.05) is 12.1 Å². The molecule has 7 nitrogen and oxygen atoms in total. The molecule has 0 saturated carbocycles. The Balaban J connectivity index is 1.29. The Morgan fingerprint density at radius 2 is 2.17 bits per heavy atom. The van der Waals surface area contributed by atoms with Gasteiger partial charge in [0.15, 0.2) is 18.1 Å². The maximum atomic E-state index is 5.90. The molecule has 2 aliphatic heterocycles. The number of benzene rings is 1. The highest BCUT2D eigenvalue weighted by atomic mass is 16.7. The Morgan fingerprint density at radius 1 is 1.25 bits per heavy atom. The van der Waals surface area contributed by atoms with Crippen LogP contribution in [0.5, 0.6) is 11.5 Å². The van der Waals surface area contributed by atoms with Gasteiger partial charge in [-0.05, 0) is 18.6 Å².